The van der Waals surface area contributed by atoms with Gasteiger partial charge in [0.15, 0.2) is 0 Å². The van der Waals surface area contributed by atoms with E-state index in [1.165, 1.54) is 0 Å². The summed E-state index contributed by atoms with van der Waals surface area (Å²) in [6.07, 6.45) is 2.03. The number of hydrogen-bond acceptors (Lipinski definition) is 2. The molecule has 0 radical (unpaired) electrons. The summed E-state index contributed by atoms with van der Waals surface area (Å²) in [5.74, 6) is 0. The summed E-state index contributed by atoms with van der Waals surface area (Å²) in [4.78, 5) is 5.42. The van der Waals surface area contributed by atoms with Gasteiger partial charge in [0, 0.05) is 6.42 Å². The van der Waals surface area contributed by atoms with Crippen LogP contribution < -0.4 is 0 Å². The van der Waals surface area contributed by atoms with Crippen LogP contribution in [0.25, 0.3) is 0 Å². The van der Waals surface area contributed by atoms with E-state index in [9.17, 15) is 0 Å². The molecule has 0 amide bonds. The molecule has 70 valence electrons. The third-order valence-electron chi connectivity index (χ3n) is 1.96. The molecule has 1 aliphatic rings. The largest absolute Gasteiger partial charge is 0.389 e. The maximum atomic E-state index is 5.42. The first-order valence-electron chi connectivity index (χ1n) is 4.52. The summed E-state index contributed by atoms with van der Waals surface area (Å²) in [7, 11) is 0. The molecule has 0 fully saturated rings. The average molecular weight is 169 g/mol. The summed E-state index contributed by atoms with van der Waals surface area (Å²) in [5, 5.41) is 3.99. The minimum Gasteiger partial charge on any atom is -0.389 e. The van der Waals surface area contributed by atoms with Gasteiger partial charge in [-0.25, -0.2) is 0 Å². The Balaban J connectivity index is 2.54. The molecule has 1 unspecified atom stereocenters. The lowest BCUT2D eigenvalue weighted by Gasteiger charge is -2.29. The second-order valence-electron chi connectivity index (χ2n) is 5.28. The Hall–Kier alpha value is -0.530. The lowest BCUT2D eigenvalue weighted by molar-refractivity contribution is -0.0315. The maximum absolute atomic E-state index is 5.42. The Morgan fingerprint density at radius 2 is 2.08 bits per heavy atom. The first-order valence-corrected chi connectivity index (χ1v) is 4.52. The van der Waals surface area contributed by atoms with Crippen molar-refractivity contribution >= 4 is 5.71 Å². The van der Waals surface area contributed by atoms with E-state index < -0.39 is 0 Å². The minimum absolute atomic E-state index is 0.0532. The van der Waals surface area contributed by atoms with Gasteiger partial charge in [-0.2, -0.15) is 0 Å². The van der Waals surface area contributed by atoms with Crippen molar-refractivity contribution in [2.75, 3.05) is 0 Å². The number of rotatable bonds is 1. The maximum Gasteiger partial charge on any atom is 0.140 e. The summed E-state index contributed by atoms with van der Waals surface area (Å²) in [6.45, 7) is 10.9. The molecule has 1 atom stereocenters. The Morgan fingerprint density at radius 1 is 1.50 bits per heavy atom. The highest BCUT2D eigenvalue weighted by Gasteiger charge is 2.36. The van der Waals surface area contributed by atoms with Crippen LogP contribution in [0.5, 0.6) is 0 Å². The van der Waals surface area contributed by atoms with Gasteiger partial charge in [-0.15, -0.1) is 0 Å². The van der Waals surface area contributed by atoms with Crippen molar-refractivity contribution in [3.05, 3.63) is 0 Å². The zero-order valence-corrected chi connectivity index (χ0v) is 8.77. The molecule has 0 spiro atoms. The van der Waals surface area contributed by atoms with Gasteiger partial charge in [0.1, 0.15) is 5.60 Å². The fourth-order valence-electron chi connectivity index (χ4n) is 2.01. The molecule has 2 nitrogen and oxygen atoms in total. The van der Waals surface area contributed by atoms with Gasteiger partial charge < -0.3 is 4.84 Å². The van der Waals surface area contributed by atoms with E-state index in [1.54, 1.807) is 0 Å². The smallest absolute Gasteiger partial charge is 0.140 e. The summed E-state index contributed by atoms with van der Waals surface area (Å²) in [6, 6.07) is 0. The van der Waals surface area contributed by atoms with Gasteiger partial charge >= 0.3 is 0 Å². The van der Waals surface area contributed by atoms with Crippen LogP contribution >= 0.6 is 0 Å². The number of hydrogen-bond donors (Lipinski definition) is 0. The van der Waals surface area contributed by atoms with E-state index in [2.05, 4.69) is 32.9 Å². The SMILES string of the molecule is CC1=NOC(C)(CC(C)(C)C)C1. The Kier molecular flexibility index (Phi) is 2.19. The van der Waals surface area contributed by atoms with Crippen molar-refractivity contribution in [1.82, 2.24) is 0 Å². The molecule has 0 aromatic heterocycles. The molecule has 2 heteroatoms. The summed E-state index contributed by atoms with van der Waals surface area (Å²) in [5.41, 5.74) is 1.37. The van der Waals surface area contributed by atoms with E-state index in [-0.39, 0.29) is 5.60 Å². The van der Waals surface area contributed by atoms with Crippen LogP contribution in [-0.2, 0) is 4.84 Å². The average Bonchev–Trinajstić information content (AvgIpc) is 2.05. The molecule has 1 rings (SSSR count). The second kappa shape index (κ2) is 2.75. The molecule has 0 aliphatic carbocycles. The number of nitrogens with zero attached hydrogens (tertiary/aromatic N) is 1. The van der Waals surface area contributed by atoms with Crippen molar-refractivity contribution in [1.29, 1.82) is 0 Å². The van der Waals surface area contributed by atoms with E-state index >= 15 is 0 Å². The van der Waals surface area contributed by atoms with Gasteiger partial charge in [-0.1, -0.05) is 25.9 Å². The van der Waals surface area contributed by atoms with Crippen LogP contribution in [0.2, 0.25) is 0 Å². The van der Waals surface area contributed by atoms with E-state index in [4.69, 9.17) is 4.84 Å². The van der Waals surface area contributed by atoms with Crippen LogP contribution in [0.3, 0.4) is 0 Å². The first-order chi connectivity index (χ1) is 5.31. The molecule has 1 heterocycles. The lowest BCUT2D eigenvalue weighted by atomic mass is 9.81. The zero-order valence-electron chi connectivity index (χ0n) is 8.77. The highest BCUT2D eigenvalue weighted by molar-refractivity contribution is 5.83. The molecular weight excluding hydrogens is 150 g/mol. The first kappa shape index (κ1) is 9.56. The quantitative estimate of drug-likeness (QED) is 0.591. The monoisotopic (exact) mass is 169 g/mol. The van der Waals surface area contributed by atoms with E-state index in [0.717, 1.165) is 18.6 Å². The third kappa shape index (κ3) is 2.50. The van der Waals surface area contributed by atoms with Gasteiger partial charge in [0.2, 0.25) is 0 Å². The van der Waals surface area contributed by atoms with Crippen LogP contribution in [0.1, 0.15) is 47.5 Å². The predicted octanol–water partition coefficient (Wildman–Crippen LogP) is 2.98. The van der Waals surface area contributed by atoms with E-state index in [1.807, 2.05) is 6.92 Å². The topological polar surface area (TPSA) is 21.6 Å². The molecule has 0 aromatic rings. The minimum atomic E-state index is -0.0532. The molecule has 0 bridgehead atoms. The molecule has 0 aromatic carbocycles. The molecule has 12 heavy (non-hydrogen) atoms. The Labute approximate surface area is 75.0 Å². The van der Waals surface area contributed by atoms with Crippen LogP contribution in [-0.4, -0.2) is 11.3 Å². The number of oxime groups is 1. The standard InChI is InChI=1S/C10H19NO/c1-8-6-10(5,12-11-8)7-9(2,3)4/h6-7H2,1-5H3. The van der Waals surface area contributed by atoms with Crippen molar-refractivity contribution in [2.24, 2.45) is 10.6 Å². The van der Waals surface area contributed by atoms with Gasteiger partial charge in [-0.3, -0.25) is 0 Å². The van der Waals surface area contributed by atoms with E-state index in [0.29, 0.717) is 5.41 Å². The molecule has 0 saturated carbocycles. The van der Waals surface area contributed by atoms with Crippen LogP contribution in [0, 0.1) is 5.41 Å². The van der Waals surface area contributed by atoms with Gasteiger partial charge in [0.25, 0.3) is 0 Å². The third-order valence-corrected chi connectivity index (χ3v) is 1.96. The summed E-state index contributed by atoms with van der Waals surface area (Å²) < 4.78 is 0. The molecule has 1 aliphatic heterocycles. The fourth-order valence-corrected chi connectivity index (χ4v) is 2.01. The zero-order chi connectivity index (χ0) is 9.41. The van der Waals surface area contributed by atoms with Crippen molar-refractivity contribution in [3.8, 4) is 0 Å². The van der Waals surface area contributed by atoms with Gasteiger partial charge in [-0.05, 0) is 25.7 Å². The highest BCUT2D eigenvalue weighted by atomic mass is 16.7. The summed E-state index contributed by atoms with van der Waals surface area (Å²) >= 11 is 0. The highest BCUT2D eigenvalue weighted by Crippen LogP contribution is 2.35. The van der Waals surface area contributed by atoms with Crippen molar-refractivity contribution in [2.45, 2.75) is 53.1 Å². The van der Waals surface area contributed by atoms with Gasteiger partial charge in [0.05, 0.1) is 5.71 Å². The van der Waals surface area contributed by atoms with Crippen molar-refractivity contribution < 1.29 is 4.84 Å². The molecular formula is C10H19NO. The Morgan fingerprint density at radius 3 is 2.42 bits per heavy atom. The lowest BCUT2D eigenvalue weighted by Crippen LogP contribution is -2.30. The second-order valence-corrected chi connectivity index (χ2v) is 5.28. The van der Waals surface area contributed by atoms with Crippen molar-refractivity contribution in [3.63, 3.8) is 0 Å². The fraction of sp³-hybridized carbons (Fsp3) is 0.900. The molecule has 0 N–H and O–H groups in total. The van der Waals surface area contributed by atoms with Crippen LogP contribution in [0.15, 0.2) is 5.16 Å². The normalized spacial score (nSPS) is 29.9. The Bertz CT molecular complexity index is 202. The van der Waals surface area contributed by atoms with Crippen LogP contribution in [0.4, 0.5) is 0 Å². The predicted molar refractivity (Wildman–Crippen MR) is 51.3 cm³/mol. The molecule has 0 saturated heterocycles.